The van der Waals surface area contributed by atoms with Crippen molar-refractivity contribution in [1.82, 2.24) is 14.9 Å². The molecule has 5 rings (SSSR count). The van der Waals surface area contributed by atoms with Crippen molar-refractivity contribution in [1.29, 1.82) is 0 Å². The number of fused-ring (bicyclic) bond motifs is 1. The van der Waals surface area contributed by atoms with Crippen LogP contribution < -0.4 is 10.0 Å². The highest BCUT2D eigenvalue weighted by atomic mass is 32.2. The molecule has 12 nitrogen and oxygen atoms in total. The van der Waals surface area contributed by atoms with Gasteiger partial charge in [0.1, 0.15) is 17.7 Å². The largest absolute Gasteiger partial charge is 0.444 e. The molecule has 0 radical (unpaired) electrons. The van der Waals surface area contributed by atoms with Gasteiger partial charge in [-0.3, -0.25) is 13.9 Å². The van der Waals surface area contributed by atoms with Crippen LogP contribution >= 0.6 is 11.3 Å². The van der Waals surface area contributed by atoms with Crippen LogP contribution in [0.3, 0.4) is 0 Å². The van der Waals surface area contributed by atoms with Gasteiger partial charge in [0.2, 0.25) is 5.78 Å². The average molecular weight is 630 g/mol. The summed E-state index contributed by atoms with van der Waals surface area (Å²) in [7, 11) is -4.12. The summed E-state index contributed by atoms with van der Waals surface area (Å²) in [5.41, 5.74) is 2.55. The molecule has 1 saturated heterocycles. The zero-order valence-electron chi connectivity index (χ0n) is 24.2. The molecule has 0 saturated carbocycles. The molecule has 2 aromatic heterocycles. The molecular formula is C29H35N5O7S2. The van der Waals surface area contributed by atoms with Crippen molar-refractivity contribution < 1.29 is 32.0 Å². The van der Waals surface area contributed by atoms with E-state index in [0.29, 0.717) is 36.6 Å². The lowest BCUT2D eigenvalue weighted by Crippen LogP contribution is -2.46. The zero-order valence-corrected chi connectivity index (χ0v) is 25.8. The Kier molecular flexibility index (Phi) is 8.86. The summed E-state index contributed by atoms with van der Waals surface area (Å²) in [4.78, 5) is 39.5. The molecule has 1 aromatic carbocycles. The highest BCUT2D eigenvalue weighted by Gasteiger charge is 2.36. The van der Waals surface area contributed by atoms with Crippen LogP contribution in [-0.4, -0.2) is 78.2 Å². The van der Waals surface area contributed by atoms with Gasteiger partial charge in [0.05, 0.1) is 29.2 Å². The third-order valence-electron chi connectivity index (χ3n) is 7.47. The van der Waals surface area contributed by atoms with Gasteiger partial charge < -0.3 is 14.7 Å². The van der Waals surface area contributed by atoms with E-state index in [1.165, 1.54) is 23.9 Å². The minimum absolute atomic E-state index is 0.120. The van der Waals surface area contributed by atoms with Gasteiger partial charge in [0.15, 0.2) is 0 Å². The number of anilines is 1. The number of nitrogens with two attached hydrogens (primary N) is 1. The van der Waals surface area contributed by atoms with E-state index >= 15 is 0 Å². The molecule has 3 atom stereocenters. The number of thiophene rings is 1. The first-order valence-corrected chi connectivity index (χ1v) is 16.3. The van der Waals surface area contributed by atoms with Crippen LogP contribution in [0.4, 0.5) is 10.6 Å². The maximum atomic E-state index is 13.8. The highest BCUT2D eigenvalue weighted by molar-refractivity contribution is 7.84. The van der Waals surface area contributed by atoms with E-state index in [4.69, 9.17) is 9.88 Å². The number of amides is 1. The molecule has 1 unspecified atom stereocenters. The fourth-order valence-corrected chi connectivity index (χ4v) is 6.72. The van der Waals surface area contributed by atoms with Gasteiger partial charge in [-0.05, 0) is 61.7 Å². The number of nitrogens with zero attached hydrogens (tertiary/aromatic N) is 4. The summed E-state index contributed by atoms with van der Waals surface area (Å²) >= 11 is 1.28. The summed E-state index contributed by atoms with van der Waals surface area (Å²) in [5, 5.41) is 17.5. The Morgan fingerprint density at radius 1 is 1.21 bits per heavy atom. The minimum atomic E-state index is -4.12. The van der Waals surface area contributed by atoms with Crippen LogP contribution in [0.25, 0.3) is 0 Å². The summed E-state index contributed by atoms with van der Waals surface area (Å²) < 4.78 is 32.8. The van der Waals surface area contributed by atoms with Crippen LogP contribution in [0, 0.1) is 5.92 Å². The number of hydrogen-bond donors (Lipinski definition) is 2. The molecule has 14 heteroatoms. The molecule has 0 spiro atoms. The fourth-order valence-electron chi connectivity index (χ4n) is 5.47. The molecule has 0 bridgehead atoms. The average Bonchev–Trinajstić information content (AvgIpc) is 3.44. The van der Waals surface area contributed by atoms with E-state index < -0.39 is 40.1 Å². The Labute approximate surface area is 254 Å². The number of ether oxygens (including phenoxy) is 1. The quantitative estimate of drug-likeness (QED) is 0.371. The topological polar surface area (TPSA) is 165 Å². The number of β-amino-alcohol motifs (C(OH)–C–C–N with tert-alkyl or cyclic N) is 1. The number of rotatable bonds is 7. The van der Waals surface area contributed by atoms with E-state index in [-0.39, 0.29) is 24.5 Å². The van der Waals surface area contributed by atoms with E-state index in [1.807, 2.05) is 44.4 Å². The lowest BCUT2D eigenvalue weighted by atomic mass is 9.89. The summed E-state index contributed by atoms with van der Waals surface area (Å²) in [6.45, 7) is 6.27. The van der Waals surface area contributed by atoms with Crippen LogP contribution in [0.5, 0.6) is 0 Å². The van der Waals surface area contributed by atoms with Crippen molar-refractivity contribution in [3.05, 3.63) is 75.4 Å². The lowest BCUT2D eigenvalue weighted by molar-refractivity contribution is 0.0178. The first kappa shape index (κ1) is 31.0. The van der Waals surface area contributed by atoms with Crippen LogP contribution in [0.2, 0.25) is 0 Å². The Morgan fingerprint density at radius 3 is 2.70 bits per heavy atom. The molecule has 230 valence electrons. The zero-order chi connectivity index (χ0) is 30.9. The van der Waals surface area contributed by atoms with E-state index in [0.717, 1.165) is 16.7 Å². The van der Waals surface area contributed by atoms with Gasteiger partial charge in [-0.15, -0.1) is 11.3 Å². The van der Waals surface area contributed by atoms with Crippen molar-refractivity contribution in [3.8, 4) is 0 Å². The monoisotopic (exact) mass is 629 g/mol. The first-order chi connectivity index (χ1) is 20.3. The summed E-state index contributed by atoms with van der Waals surface area (Å²) in [6.07, 6.45) is 2.55. The number of benzene rings is 1. The second kappa shape index (κ2) is 12.3. The molecule has 1 amide bonds. The van der Waals surface area contributed by atoms with E-state index in [9.17, 15) is 23.1 Å². The first-order valence-electron chi connectivity index (χ1n) is 13.9. The molecule has 3 N–H and O–H groups in total. The Balaban J connectivity index is 1.39. The van der Waals surface area contributed by atoms with E-state index in [1.54, 1.807) is 15.9 Å². The smallest absolute Gasteiger partial charge is 0.411 e. The van der Waals surface area contributed by atoms with Gasteiger partial charge in [0.25, 0.3) is 0 Å². The second-order valence-electron chi connectivity index (χ2n) is 11.7. The molecule has 0 aliphatic carbocycles. The van der Waals surface area contributed by atoms with Gasteiger partial charge in [-0.25, -0.2) is 19.9 Å². The molecule has 3 aromatic rings. The van der Waals surface area contributed by atoms with Crippen LogP contribution in [-0.2, 0) is 25.6 Å². The van der Waals surface area contributed by atoms with Crippen molar-refractivity contribution >= 4 is 39.3 Å². The molecule has 4 heterocycles. The van der Waals surface area contributed by atoms with E-state index in [2.05, 4.69) is 20.2 Å². The maximum Gasteiger partial charge on any atom is 0.411 e. The fraction of sp³-hybridized carbons (Fsp3) is 0.448. The standard InChI is InChI=1S/C29H35N5O7S2/c1-29(2,3)41-28(37)34-11-9-18-6-4-5-7-21(18)25(34)20-12-24(42-16-20)26(36)22-13-31-17-32-27(22)33-10-8-19(23(35)14-33)15-40-43(30,38)39/h4-7,12-13,16-17,19,23,25,35H,8-11,14-15H2,1-3H3,(H2,30,38,39)/t19-,23+,25?/m1/s1. The van der Waals surface area contributed by atoms with Crippen LogP contribution in [0.15, 0.2) is 48.2 Å². The molecule has 2 aliphatic heterocycles. The number of aliphatic hydroxyl groups is 1. The lowest BCUT2D eigenvalue weighted by Gasteiger charge is -2.38. The Bertz CT molecular complexity index is 1600. The number of piperidine rings is 1. The van der Waals surface area contributed by atoms with Crippen molar-refractivity contribution in [2.75, 3.05) is 31.1 Å². The molecular weight excluding hydrogens is 594 g/mol. The predicted molar refractivity (Wildman–Crippen MR) is 160 cm³/mol. The minimum Gasteiger partial charge on any atom is -0.444 e. The Morgan fingerprint density at radius 2 is 1.98 bits per heavy atom. The van der Waals surface area contributed by atoms with Crippen molar-refractivity contribution in [3.63, 3.8) is 0 Å². The van der Waals surface area contributed by atoms with Crippen molar-refractivity contribution in [2.45, 2.75) is 51.4 Å². The normalized spacial score (nSPS) is 20.9. The number of hydrogen-bond acceptors (Lipinski definition) is 11. The van der Waals surface area contributed by atoms with Gasteiger partial charge in [-0.2, -0.15) is 8.42 Å². The third kappa shape index (κ3) is 7.21. The Hall–Kier alpha value is -3.43. The molecule has 43 heavy (non-hydrogen) atoms. The number of carbonyl (C=O) groups is 2. The molecule has 2 aliphatic rings. The summed E-state index contributed by atoms with van der Waals surface area (Å²) in [5.74, 6) is -0.353. The van der Waals surface area contributed by atoms with Gasteiger partial charge in [-0.1, -0.05) is 24.3 Å². The van der Waals surface area contributed by atoms with Gasteiger partial charge in [0, 0.05) is 31.7 Å². The number of aliphatic hydroxyl groups excluding tert-OH is 1. The molecule has 1 fully saturated rings. The highest BCUT2D eigenvalue weighted by Crippen LogP contribution is 2.38. The second-order valence-corrected chi connectivity index (χ2v) is 13.8. The van der Waals surface area contributed by atoms with Crippen molar-refractivity contribution in [2.24, 2.45) is 11.1 Å². The van der Waals surface area contributed by atoms with Gasteiger partial charge >= 0.3 is 16.4 Å². The number of aromatic nitrogens is 2. The predicted octanol–water partition coefficient (Wildman–Crippen LogP) is 3.06. The number of ketones is 1. The third-order valence-corrected chi connectivity index (χ3v) is 8.89. The van der Waals surface area contributed by atoms with Crippen LogP contribution in [0.1, 0.15) is 65.2 Å². The summed E-state index contributed by atoms with van der Waals surface area (Å²) in [6, 6.07) is 9.36. The SMILES string of the molecule is CC(C)(C)OC(=O)N1CCc2ccccc2C1c1csc(C(=O)c2cncnc2N2CC[C@H](COS(N)(=O)=O)[C@@H](O)C2)c1. The maximum absolute atomic E-state index is 13.8. The number of carbonyl (C=O) groups excluding carboxylic acids is 2.